The standard InChI is InChI=1S/C27H35N5O/c1-20(2)24-12-9-23(10-13-24)19-31-16-15-25-29-30-27(32(25)18-17-31)21(3)28-26(33)14-11-22-7-5-4-6-8-22/h4-10,12-13,20-21H,11,14-19H2,1-3H3,(H,28,33). The number of rotatable bonds is 8. The van der Waals surface area contributed by atoms with E-state index >= 15 is 0 Å². The Hall–Kier alpha value is -2.99. The van der Waals surface area contributed by atoms with E-state index in [4.69, 9.17) is 0 Å². The van der Waals surface area contributed by atoms with Gasteiger partial charge in [0.15, 0.2) is 5.82 Å². The molecular weight excluding hydrogens is 410 g/mol. The van der Waals surface area contributed by atoms with Crippen LogP contribution in [-0.4, -0.2) is 38.7 Å². The Labute approximate surface area is 197 Å². The molecule has 4 rings (SSSR count). The SMILES string of the molecule is CC(C)c1ccc(CN2CCc3nnc(C(C)NC(=O)CCc4ccccc4)n3CC2)cc1. The van der Waals surface area contributed by atoms with Crippen molar-refractivity contribution in [3.8, 4) is 0 Å². The molecule has 1 aliphatic heterocycles. The van der Waals surface area contributed by atoms with E-state index in [1.54, 1.807) is 0 Å². The molecule has 1 unspecified atom stereocenters. The summed E-state index contributed by atoms with van der Waals surface area (Å²) in [7, 11) is 0. The van der Waals surface area contributed by atoms with Crippen LogP contribution in [0.4, 0.5) is 0 Å². The van der Waals surface area contributed by atoms with Gasteiger partial charge in [0, 0.05) is 39.0 Å². The zero-order valence-corrected chi connectivity index (χ0v) is 20.0. The lowest BCUT2D eigenvalue weighted by Gasteiger charge is -2.20. The highest BCUT2D eigenvalue weighted by molar-refractivity contribution is 5.76. The van der Waals surface area contributed by atoms with Gasteiger partial charge in [0.25, 0.3) is 0 Å². The van der Waals surface area contributed by atoms with Crippen LogP contribution in [0.3, 0.4) is 0 Å². The van der Waals surface area contributed by atoms with Gasteiger partial charge < -0.3 is 9.88 Å². The molecule has 0 saturated heterocycles. The predicted molar refractivity (Wildman–Crippen MR) is 131 cm³/mol. The minimum atomic E-state index is -0.162. The van der Waals surface area contributed by atoms with Gasteiger partial charge in [-0.3, -0.25) is 9.69 Å². The van der Waals surface area contributed by atoms with Crippen molar-refractivity contribution in [1.82, 2.24) is 25.0 Å². The molecule has 3 aromatic rings. The van der Waals surface area contributed by atoms with E-state index in [0.717, 1.165) is 50.7 Å². The van der Waals surface area contributed by atoms with Crippen molar-refractivity contribution in [3.63, 3.8) is 0 Å². The van der Waals surface area contributed by atoms with Crippen LogP contribution in [-0.2, 0) is 30.7 Å². The second kappa shape index (κ2) is 10.8. The normalized spacial score (nSPS) is 15.2. The van der Waals surface area contributed by atoms with Crippen molar-refractivity contribution in [1.29, 1.82) is 0 Å². The van der Waals surface area contributed by atoms with Crippen LogP contribution >= 0.6 is 0 Å². The number of nitrogens with one attached hydrogen (secondary N) is 1. The molecular formula is C27H35N5O. The third-order valence-electron chi connectivity index (χ3n) is 6.45. The highest BCUT2D eigenvalue weighted by atomic mass is 16.1. The Morgan fingerprint density at radius 2 is 1.70 bits per heavy atom. The monoisotopic (exact) mass is 445 g/mol. The van der Waals surface area contributed by atoms with Crippen molar-refractivity contribution >= 4 is 5.91 Å². The minimum Gasteiger partial charge on any atom is -0.346 e. The molecule has 6 heteroatoms. The first-order valence-electron chi connectivity index (χ1n) is 12.1. The summed E-state index contributed by atoms with van der Waals surface area (Å²) in [6.45, 7) is 10.1. The molecule has 6 nitrogen and oxygen atoms in total. The summed E-state index contributed by atoms with van der Waals surface area (Å²) in [4.78, 5) is 15.0. The van der Waals surface area contributed by atoms with Crippen molar-refractivity contribution in [3.05, 3.63) is 82.9 Å². The van der Waals surface area contributed by atoms with E-state index in [0.29, 0.717) is 12.3 Å². The van der Waals surface area contributed by atoms with Crippen molar-refractivity contribution in [2.45, 2.75) is 65.1 Å². The van der Waals surface area contributed by atoms with E-state index in [1.165, 1.54) is 16.7 Å². The molecule has 2 aromatic carbocycles. The third-order valence-corrected chi connectivity index (χ3v) is 6.45. The van der Waals surface area contributed by atoms with E-state index < -0.39 is 0 Å². The van der Waals surface area contributed by atoms with Gasteiger partial charge in [-0.2, -0.15) is 0 Å². The zero-order chi connectivity index (χ0) is 23.2. The van der Waals surface area contributed by atoms with E-state index in [9.17, 15) is 4.79 Å². The van der Waals surface area contributed by atoms with E-state index in [2.05, 4.69) is 75.2 Å². The molecule has 0 fully saturated rings. The number of aryl methyl sites for hydroxylation is 1. The molecule has 0 spiro atoms. The molecule has 33 heavy (non-hydrogen) atoms. The summed E-state index contributed by atoms with van der Waals surface area (Å²) >= 11 is 0. The van der Waals surface area contributed by atoms with Gasteiger partial charge in [0.1, 0.15) is 5.82 Å². The fourth-order valence-electron chi connectivity index (χ4n) is 4.41. The number of benzene rings is 2. The lowest BCUT2D eigenvalue weighted by atomic mass is 10.0. The van der Waals surface area contributed by atoms with Gasteiger partial charge in [-0.25, -0.2) is 0 Å². The summed E-state index contributed by atoms with van der Waals surface area (Å²) in [5.41, 5.74) is 3.90. The lowest BCUT2D eigenvalue weighted by Crippen LogP contribution is -2.30. The van der Waals surface area contributed by atoms with Gasteiger partial charge in [-0.15, -0.1) is 10.2 Å². The molecule has 1 amide bonds. The van der Waals surface area contributed by atoms with Gasteiger partial charge in [-0.1, -0.05) is 68.4 Å². The maximum absolute atomic E-state index is 12.5. The summed E-state index contributed by atoms with van der Waals surface area (Å²) < 4.78 is 2.20. The topological polar surface area (TPSA) is 63.1 Å². The fourth-order valence-corrected chi connectivity index (χ4v) is 4.41. The second-order valence-corrected chi connectivity index (χ2v) is 9.32. The Bertz CT molecular complexity index is 1040. The lowest BCUT2D eigenvalue weighted by molar-refractivity contribution is -0.121. The maximum Gasteiger partial charge on any atom is 0.220 e. The van der Waals surface area contributed by atoms with Gasteiger partial charge in [0.05, 0.1) is 6.04 Å². The average molecular weight is 446 g/mol. The highest BCUT2D eigenvalue weighted by Gasteiger charge is 2.22. The number of hydrogen-bond acceptors (Lipinski definition) is 4. The Morgan fingerprint density at radius 1 is 0.939 bits per heavy atom. The Kier molecular flexibility index (Phi) is 7.55. The minimum absolute atomic E-state index is 0.0452. The third kappa shape index (κ3) is 6.08. The van der Waals surface area contributed by atoms with Crippen LogP contribution in [0.25, 0.3) is 0 Å². The van der Waals surface area contributed by atoms with Crippen LogP contribution in [0.15, 0.2) is 54.6 Å². The molecule has 174 valence electrons. The first kappa shape index (κ1) is 23.2. The summed E-state index contributed by atoms with van der Waals surface area (Å²) in [5, 5.41) is 12.0. The van der Waals surface area contributed by atoms with Crippen molar-refractivity contribution < 1.29 is 4.79 Å². The molecule has 2 heterocycles. The smallest absolute Gasteiger partial charge is 0.220 e. The van der Waals surface area contributed by atoms with Crippen LogP contribution in [0.1, 0.15) is 67.5 Å². The fraction of sp³-hybridized carbons (Fsp3) is 0.444. The van der Waals surface area contributed by atoms with Crippen LogP contribution in [0.5, 0.6) is 0 Å². The molecule has 0 aliphatic carbocycles. The summed E-state index contributed by atoms with van der Waals surface area (Å²) in [6.07, 6.45) is 2.08. The molecule has 1 atom stereocenters. The van der Waals surface area contributed by atoms with E-state index in [-0.39, 0.29) is 11.9 Å². The van der Waals surface area contributed by atoms with Crippen LogP contribution in [0.2, 0.25) is 0 Å². The number of carbonyl (C=O) groups is 1. The van der Waals surface area contributed by atoms with Gasteiger partial charge in [0.2, 0.25) is 5.91 Å². The molecule has 1 N–H and O–H groups in total. The van der Waals surface area contributed by atoms with Gasteiger partial charge in [-0.05, 0) is 36.0 Å². The predicted octanol–water partition coefficient (Wildman–Crippen LogP) is 4.27. The van der Waals surface area contributed by atoms with E-state index in [1.807, 2.05) is 25.1 Å². The van der Waals surface area contributed by atoms with Gasteiger partial charge >= 0.3 is 0 Å². The Balaban J connectivity index is 1.32. The first-order valence-corrected chi connectivity index (χ1v) is 12.1. The summed E-state index contributed by atoms with van der Waals surface area (Å²) in [5.74, 6) is 2.46. The molecule has 1 aliphatic rings. The molecule has 0 saturated carbocycles. The number of nitrogens with zero attached hydrogens (tertiary/aromatic N) is 4. The van der Waals surface area contributed by atoms with Crippen LogP contribution < -0.4 is 5.32 Å². The molecule has 1 aromatic heterocycles. The number of aromatic nitrogens is 3. The maximum atomic E-state index is 12.5. The number of hydrogen-bond donors (Lipinski definition) is 1. The number of amides is 1. The summed E-state index contributed by atoms with van der Waals surface area (Å²) in [6, 6.07) is 18.9. The number of fused-ring (bicyclic) bond motifs is 1. The molecule has 0 radical (unpaired) electrons. The molecule has 0 bridgehead atoms. The zero-order valence-electron chi connectivity index (χ0n) is 20.0. The van der Waals surface area contributed by atoms with Crippen molar-refractivity contribution in [2.24, 2.45) is 0 Å². The van der Waals surface area contributed by atoms with Crippen molar-refractivity contribution in [2.75, 3.05) is 13.1 Å². The first-order chi connectivity index (χ1) is 16.0. The number of carbonyl (C=O) groups excluding carboxylic acids is 1. The Morgan fingerprint density at radius 3 is 2.42 bits per heavy atom. The second-order valence-electron chi connectivity index (χ2n) is 9.32. The largest absolute Gasteiger partial charge is 0.346 e. The quantitative estimate of drug-likeness (QED) is 0.562. The average Bonchev–Trinajstić information content (AvgIpc) is 3.13. The highest BCUT2D eigenvalue weighted by Crippen LogP contribution is 2.19. The van der Waals surface area contributed by atoms with Crippen LogP contribution in [0, 0.1) is 0 Å².